The molecule has 3 aromatic rings. The molecule has 2 aromatic carbocycles. The van der Waals surface area contributed by atoms with Gasteiger partial charge in [-0.25, -0.2) is 13.4 Å². The number of sulfonamides is 1. The largest absolute Gasteiger partial charge is 0.365 e. The number of amides is 1. The number of nitrogens with zero attached hydrogens (tertiary/aromatic N) is 1. The Bertz CT molecular complexity index is 1000. The van der Waals surface area contributed by atoms with Gasteiger partial charge in [0.25, 0.3) is 5.91 Å². The molecule has 1 amide bonds. The highest BCUT2D eigenvalue weighted by molar-refractivity contribution is 7.91. The summed E-state index contributed by atoms with van der Waals surface area (Å²) in [4.78, 5) is 15.9. The van der Waals surface area contributed by atoms with Crippen molar-refractivity contribution in [1.82, 2.24) is 4.98 Å². The first-order valence-electron chi connectivity index (χ1n) is 7.19. The second kappa shape index (κ2) is 6.29. The summed E-state index contributed by atoms with van der Waals surface area (Å²) in [5.41, 5.74) is 6.60. The van der Waals surface area contributed by atoms with Crippen molar-refractivity contribution in [2.75, 3.05) is 4.72 Å². The topological polar surface area (TPSA) is 102 Å². The number of para-hydroxylation sites is 1. The Morgan fingerprint density at radius 1 is 1.04 bits per heavy atom. The molecule has 6 nitrogen and oxygen atoms in total. The molecule has 0 radical (unpaired) electrons. The molecule has 0 aliphatic heterocycles. The van der Waals surface area contributed by atoms with Gasteiger partial charge in [-0.1, -0.05) is 48.5 Å². The van der Waals surface area contributed by atoms with Crippen LogP contribution >= 0.6 is 0 Å². The van der Waals surface area contributed by atoms with E-state index in [1.807, 2.05) is 0 Å². The van der Waals surface area contributed by atoms with Crippen molar-refractivity contribution in [3.63, 3.8) is 0 Å². The van der Waals surface area contributed by atoms with Crippen molar-refractivity contribution in [3.8, 4) is 0 Å². The summed E-state index contributed by atoms with van der Waals surface area (Å²) in [7, 11) is -3.73. The number of anilines is 1. The lowest BCUT2D eigenvalue weighted by molar-refractivity contribution is 0.100. The van der Waals surface area contributed by atoms with Crippen molar-refractivity contribution >= 4 is 32.7 Å². The summed E-state index contributed by atoms with van der Waals surface area (Å²) in [5, 5.41) is 0.706. The number of aromatic nitrogens is 1. The van der Waals surface area contributed by atoms with Crippen LogP contribution in [-0.2, 0) is 15.8 Å². The number of carbonyl (C=O) groups excluding carboxylic acids is 1. The van der Waals surface area contributed by atoms with E-state index >= 15 is 0 Å². The molecule has 0 spiro atoms. The highest BCUT2D eigenvalue weighted by Crippen LogP contribution is 2.21. The van der Waals surface area contributed by atoms with Gasteiger partial charge in [0.2, 0.25) is 10.0 Å². The maximum atomic E-state index is 12.4. The predicted molar refractivity (Wildman–Crippen MR) is 92.9 cm³/mol. The van der Waals surface area contributed by atoms with Gasteiger partial charge in [0.15, 0.2) is 5.82 Å². The molecule has 0 saturated heterocycles. The van der Waals surface area contributed by atoms with Crippen LogP contribution in [0.25, 0.3) is 10.9 Å². The predicted octanol–water partition coefficient (Wildman–Crippen LogP) is 2.28. The van der Waals surface area contributed by atoms with E-state index in [1.165, 1.54) is 6.07 Å². The van der Waals surface area contributed by atoms with E-state index in [-0.39, 0.29) is 17.1 Å². The van der Waals surface area contributed by atoms with E-state index in [2.05, 4.69) is 9.71 Å². The van der Waals surface area contributed by atoms with Gasteiger partial charge in [0.1, 0.15) is 0 Å². The van der Waals surface area contributed by atoms with E-state index in [9.17, 15) is 13.2 Å². The number of nitrogens with two attached hydrogens (primary N) is 1. The van der Waals surface area contributed by atoms with Crippen LogP contribution in [0.5, 0.6) is 0 Å². The number of benzene rings is 2. The molecule has 1 heterocycles. The van der Waals surface area contributed by atoms with Crippen molar-refractivity contribution in [1.29, 1.82) is 0 Å². The molecular weight excluding hydrogens is 326 g/mol. The van der Waals surface area contributed by atoms with Crippen LogP contribution in [0.4, 0.5) is 5.82 Å². The van der Waals surface area contributed by atoms with Gasteiger partial charge >= 0.3 is 0 Å². The Balaban J connectivity index is 1.99. The van der Waals surface area contributed by atoms with Crippen molar-refractivity contribution < 1.29 is 13.2 Å². The SMILES string of the molecule is NC(=O)c1cc2ccccc2nc1NS(=O)(=O)Cc1ccccc1. The number of nitrogens with one attached hydrogen (secondary N) is 1. The molecule has 0 atom stereocenters. The quantitative estimate of drug-likeness (QED) is 0.743. The third kappa shape index (κ3) is 3.52. The highest BCUT2D eigenvalue weighted by Gasteiger charge is 2.18. The number of rotatable bonds is 5. The van der Waals surface area contributed by atoms with Crippen LogP contribution in [-0.4, -0.2) is 19.3 Å². The molecule has 0 unspecified atom stereocenters. The lowest BCUT2D eigenvalue weighted by atomic mass is 10.1. The molecule has 0 saturated carbocycles. The average molecular weight is 341 g/mol. The number of hydrogen-bond acceptors (Lipinski definition) is 4. The fraction of sp³-hybridized carbons (Fsp3) is 0.0588. The number of hydrogen-bond donors (Lipinski definition) is 2. The van der Waals surface area contributed by atoms with Crippen molar-refractivity contribution in [2.24, 2.45) is 5.73 Å². The summed E-state index contributed by atoms with van der Waals surface area (Å²) in [6, 6.07) is 17.4. The Hall–Kier alpha value is -2.93. The Morgan fingerprint density at radius 2 is 1.71 bits per heavy atom. The first-order valence-corrected chi connectivity index (χ1v) is 8.84. The van der Waals surface area contributed by atoms with E-state index in [4.69, 9.17) is 5.73 Å². The normalized spacial score (nSPS) is 11.3. The van der Waals surface area contributed by atoms with E-state index in [0.29, 0.717) is 16.5 Å². The summed E-state index contributed by atoms with van der Waals surface area (Å²) in [5.74, 6) is -1.02. The van der Waals surface area contributed by atoms with Gasteiger partial charge in [-0.15, -0.1) is 0 Å². The second-order valence-electron chi connectivity index (χ2n) is 5.29. The number of pyridine rings is 1. The number of primary amides is 1. The minimum atomic E-state index is -3.73. The van der Waals surface area contributed by atoms with Gasteiger partial charge in [0, 0.05) is 5.39 Å². The Morgan fingerprint density at radius 3 is 2.42 bits per heavy atom. The Labute approximate surface area is 139 Å². The summed E-state index contributed by atoms with van der Waals surface area (Å²) in [6.45, 7) is 0. The zero-order valence-corrected chi connectivity index (χ0v) is 13.5. The molecule has 122 valence electrons. The van der Waals surface area contributed by atoms with Crippen LogP contribution < -0.4 is 10.5 Å². The first-order chi connectivity index (χ1) is 11.4. The fourth-order valence-corrected chi connectivity index (χ4v) is 3.51. The van der Waals surface area contributed by atoms with E-state index < -0.39 is 15.9 Å². The molecule has 3 rings (SSSR count). The average Bonchev–Trinajstić information content (AvgIpc) is 2.54. The second-order valence-corrected chi connectivity index (χ2v) is 7.01. The maximum absolute atomic E-state index is 12.4. The van der Waals surface area contributed by atoms with Gasteiger partial charge in [-0.3, -0.25) is 9.52 Å². The van der Waals surface area contributed by atoms with Crippen LogP contribution in [0.1, 0.15) is 15.9 Å². The fourth-order valence-electron chi connectivity index (χ4n) is 2.36. The third-order valence-corrected chi connectivity index (χ3v) is 4.66. The minimum Gasteiger partial charge on any atom is -0.365 e. The molecule has 24 heavy (non-hydrogen) atoms. The maximum Gasteiger partial charge on any atom is 0.252 e. The summed E-state index contributed by atoms with van der Waals surface area (Å²) < 4.78 is 27.1. The van der Waals surface area contributed by atoms with Gasteiger partial charge in [0.05, 0.1) is 16.8 Å². The van der Waals surface area contributed by atoms with Crippen molar-refractivity contribution in [2.45, 2.75) is 5.75 Å². The zero-order chi connectivity index (χ0) is 17.2. The molecule has 1 aromatic heterocycles. The first kappa shape index (κ1) is 15.9. The van der Waals surface area contributed by atoms with Gasteiger partial charge < -0.3 is 5.73 Å². The third-order valence-electron chi connectivity index (χ3n) is 3.44. The monoisotopic (exact) mass is 341 g/mol. The minimum absolute atomic E-state index is 0.0327. The van der Waals surface area contributed by atoms with Crippen molar-refractivity contribution in [3.05, 3.63) is 71.8 Å². The van der Waals surface area contributed by atoms with Crippen LogP contribution in [0, 0.1) is 0 Å². The smallest absolute Gasteiger partial charge is 0.252 e. The molecule has 7 heteroatoms. The highest BCUT2D eigenvalue weighted by atomic mass is 32.2. The summed E-state index contributed by atoms with van der Waals surface area (Å²) >= 11 is 0. The molecular formula is C17H15N3O3S. The molecule has 0 bridgehead atoms. The van der Waals surface area contributed by atoms with E-state index in [1.54, 1.807) is 54.6 Å². The molecule has 0 aliphatic rings. The zero-order valence-electron chi connectivity index (χ0n) is 12.6. The Kier molecular flexibility index (Phi) is 4.18. The summed E-state index contributed by atoms with van der Waals surface area (Å²) in [6.07, 6.45) is 0. The molecule has 0 fully saturated rings. The van der Waals surface area contributed by atoms with Crippen LogP contribution in [0.3, 0.4) is 0 Å². The lowest BCUT2D eigenvalue weighted by Gasteiger charge is -2.11. The molecule has 3 N–H and O–H groups in total. The van der Waals surface area contributed by atoms with Gasteiger partial charge in [-0.05, 0) is 17.7 Å². The number of carbonyl (C=O) groups is 1. The van der Waals surface area contributed by atoms with Crippen LogP contribution in [0.15, 0.2) is 60.7 Å². The van der Waals surface area contributed by atoms with Crippen LogP contribution in [0.2, 0.25) is 0 Å². The molecule has 0 aliphatic carbocycles. The van der Waals surface area contributed by atoms with Gasteiger partial charge in [-0.2, -0.15) is 0 Å². The standard InChI is InChI=1S/C17H15N3O3S/c18-16(21)14-10-13-8-4-5-9-15(13)19-17(14)20-24(22,23)11-12-6-2-1-3-7-12/h1-10H,11H2,(H2,18,21)(H,19,20). The number of fused-ring (bicyclic) bond motifs is 1. The lowest BCUT2D eigenvalue weighted by Crippen LogP contribution is -2.21. The van der Waals surface area contributed by atoms with E-state index in [0.717, 1.165) is 0 Å².